The van der Waals surface area contributed by atoms with Gasteiger partial charge in [-0.25, -0.2) is 0 Å². The van der Waals surface area contributed by atoms with Gasteiger partial charge in [-0.1, -0.05) is 0 Å². The van der Waals surface area contributed by atoms with Gasteiger partial charge in [0, 0.05) is 25.0 Å². The van der Waals surface area contributed by atoms with Crippen molar-refractivity contribution in [1.82, 2.24) is 19.6 Å². The Labute approximate surface area is 136 Å². The second-order valence-corrected chi connectivity index (χ2v) is 8.33. The van der Waals surface area contributed by atoms with Crippen molar-refractivity contribution in [2.24, 2.45) is 5.41 Å². The molecule has 1 spiro atoms. The van der Waals surface area contributed by atoms with Crippen LogP contribution < -0.4 is 0 Å². The maximum absolute atomic E-state index is 2.82. The molecule has 5 bridgehead atoms. The number of hydrogen-bond acceptors (Lipinski definition) is 4. The molecule has 0 aromatic carbocycles. The smallest absolute Gasteiger partial charge is 0.00969 e. The van der Waals surface area contributed by atoms with Crippen molar-refractivity contribution in [3.05, 3.63) is 0 Å². The van der Waals surface area contributed by atoms with Crippen molar-refractivity contribution < 1.29 is 0 Å². The Kier molecular flexibility index (Phi) is 4.72. The molecule has 0 amide bonds. The van der Waals surface area contributed by atoms with E-state index in [2.05, 4.69) is 19.6 Å². The van der Waals surface area contributed by atoms with Gasteiger partial charge in [0.1, 0.15) is 0 Å². The molecule has 0 N–H and O–H groups in total. The highest BCUT2D eigenvalue weighted by atomic mass is 15.2. The van der Waals surface area contributed by atoms with Gasteiger partial charge in [-0.2, -0.15) is 0 Å². The summed E-state index contributed by atoms with van der Waals surface area (Å²) in [6.45, 7) is 16.1. The lowest BCUT2D eigenvalue weighted by molar-refractivity contribution is 0.0162. The minimum absolute atomic E-state index is 0.522. The molecule has 4 fully saturated rings. The van der Waals surface area contributed by atoms with E-state index in [4.69, 9.17) is 0 Å². The van der Waals surface area contributed by atoms with E-state index in [-0.39, 0.29) is 0 Å². The molecule has 126 valence electrons. The Morgan fingerprint density at radius 1 is 0.409 bits per heavy atom. The van der Waals surface area contributed by atoms with E-state index in [9.17, 15) is 0 Å². The summed E-state index contributed by atoms with van der Waals surface area (Å²) < 4.78 is 0. The van der Waals surface area contributed by atoms with Gasteiger partial charge >= 0.3 is 0 Å². The molecule has 4 aliphatic heterocycles. The highest BCUT2D eigenvalue weighted by molar-refractivity contribution is 4.94. The van der Waals surface area contributed by atoms with Gasteiger partial charge < -0.3 is 19.6 Å². The molecule has 2 atom stereocenters. The lowest BCUT2D eigenvalue weighted by Gasteiger charge is -2.47. The van der Waals surface area contributed by atoms with E-state index in [1.807, 2.05) is 0 Å². The van der Waals surface area contributed by atoms with Crippen LogP contribution in [0.1, 0.15) is 32.1 Å². The van der Waals surface area contributed by atoms with Crippen LogP contribution in [-0.4, -0.2) is 98.1 Å². The lowest BCUT2D eigenvalue weighted by atomic mass is 9.80. The third kappa shape index (κ3) is 3.50. The highest BCUT2D eigenvalue weighted by Crippen LogP contribution is 2.32. The first-order chi connectivity index (χ1) is 10.8. The molecule has 2 unspecified atom stereocenters. The molecule has 0 aliphatic carbocycles. The van der Waals surface area contributed by atoms with E-state index in [0.29, 0.717) is 5.41 Å². The maximum atomic E-state index is 2.82. The summed E-state index contributed by atoms with van der Waals surface area (Å²) in [7, 11) is 0. The monoisotopic (exact) mass is 306 g/mol. The van der Waals surface area contributed by atoms with Gasteiger partial charge in [0.05, 0.1) is 0 Å². The van der Waals surface area contributed by atoms with Crippen LogP contribution in [0.2, 0.25) is 0 Å². The number of hydrogen-bond donors (Lipinski definition) is 0. The van der Waals surface area contributed by atoms with Gasteiger partial charge in [0.2, 0.25) is 0 Å². The molecule has 4 aliphatic rings. The molecule has 4 heterocycles. The molecule has 4 saturated heterocycles. The average Bonchev–Trinajstić information content (AvgIpc) is 2.58. The minimum atomic E-state index is 0.522. The maximum Gasteiger partial charge on any atom is 0.00969 e. The average molecular weight is 306 g/mol. The van der Waals surface area contributed by atoms with Gasteiger partial charge in [-0.15, -0.1) is 0 Å². The fourth-order valence-electron chi connectivity index (χ4n) is 5.42. The molecule has 0 aromatic rings. The zero-order valence-corrected chi connectivity index (χ0v) is 14.3. The molecule has 4 heteroatoms. The zero-order chi connectivity index (χ0) is 14.8. The lowest BCUT2D eigenvalue weighted by Crippen LogP contribution is -2.56. The second-order valence-electron chi connectivity index (χ2n) is 8.33. The van der Waals surface area contributed by atoms with Crippen LogP contribution >= 0.6 is 0 Å². The Balaban J connectivity index is 1.65. The first-order valence-electron chi connectivity index (χ1n) is 9.71. The molecular weight excluding hydrogens is 272 g/mol. The molecule has 0 saturated carbocycles. The topological polar surface area (TPSA) is 13.0 Å². The summed E-state index contributed by atoms with van der Waals surface area (Å²) in [6.07, 6.45) is 6.93. The molecule has 0 aromatic heterocycles. The van der Waals surface area contributed by atoms with E-state index < -0.39 is 0 Å². The third-order valence-electron chi connectivity index (χ3n) is 6.43. The molecule has 4 nitrogen and oxygen atoms in total. The van der Waals surface area contributed by atoms with E-state index >= 15 is 0 Å². The SMILES string of the molecule is C1CN2CCCN3CCCN4CCCN(C1)CC(CC2)(C3)C4. The molecular formula is C18H34N4. The Morgan fingerprint density at radius 3 is 1.18 bits per heavy atom. The highest BCUT2D eigenvalue weighted by Gasteiger charge is 2.39. The number of fused-ring (bicyclic) bond motifs is 5. The van der Waals surface area contributed by atoms with E-state index in [0.717, 1.165) is 0 Å². The summed E-state index contributed by atoms with van der Waals surface area (Å²) in [6, 6.07) is 0. The summed E-state index contributed by atoms with van der Waals surface area (Å²) in [5, 5.41) is 0. The summed E-state index contributed by atoms with van der Waals surface area (Å²) in [4.78, 5) is 11.2. The van der Waals surface area contributed by atoms with Crippen molar-refractivity contribution >= 4 is 0 Å². The van der Waals surface area contributed by atoms with Crippen LogP contribution in [-0.2, 0) is 0 Å². The Hall–Kier alpha value is -0.160. The predicted molar refractivity (Wildman–Crippen MR) is 91.3 cm³/mol. The fourth-order valence-corrected chi connectivity index (χ4v) is 5.42. The summed E-state index contributed by atoms with van der Waals surface area (Å²) in [5.41, 5.74) is 0.522. The van der Waals surface area contributed by atoms with Gasteiger partial charge in [0.25, 0.3) is 0 Å². The first kappa shape index (κ1) is 15.4. The largest absolute Gasteiger partial charge is 0.303 e. The first-order valence-corrected chi connectivity index (χ1v) is 9.71. The zero-order valence-electron chi connectivity index (χ0n) is 14.3. The van der Waals surface area contributed by atoms with Crippen molar-refractivity contribution in [1.29, 1.82) is 0 Å². The van der Waals surface area contributed by atoms with Crippen LogP contribution in [0.25, 0.3) is 0 Å². The van der Waals surface area contributed by atoms with Gasteiger partial charge in [-0.05, 0) is 91.0 Å². The summed E-state index contributed by atoms with van der Waals surface area (Å²) in [5.74, 6) is 0. The van der Waals surface area contributed by atoms with Crippen LogP contribution in [0.4, 0.5) is 0 Å². The minimum Gasteiger partial charge on any atom is -0.303 e. The Morgan fingerprint density at radius 2 is 0.773 bits per heavy atom. The van der Waals surface area contributed by atoms with Crippen molar-refractivity contribution in [2.45, 2.75) is 32.1 Å². The number of nitrogens with zero attached hydrogens (tertiary/aromatic N) is 4. The second kappa shape index (κ2) is 6.76. The summed E-state index contributed by atoms with van der Waals surface area (Å²) >= 11 is 0. The van der Waals surface area contributed by atoms with Crippen LogP contribution in [0.3, 0.4) is 0 Å². The number of rotatable bonds is 0. The van der Waals surface area contributed by atoms with Crippen molar-refractivity contribution in [3.8, 4) is 0 Å². The van der Waals surface area contributed by atoms with Gasteiger partial charge in [0.15, 0.2) is 0 Å². The quantitative estimate of drug-likeness (QED) is 0.666. The molecule has 22 heavy (non-hydrogen) atoms. The van der Waals surface area contributed by atoms with Crippen LogP contribution in [0.15, 0.2) is 0 Å². The predicted octanol–water partition coefficient (Wildman–Crippen LogP) is 1.19. The van der Waals surface area contributed by atoms with E-state index in [1.165, 1.54) is 111 Å². The molecule has 4 rings (SSSR count). The van der Waals surface area contributed by atoms with Crippen molar-refractivity contribution in [2.75, 3.05) is 78.5 Å². The fraction of sp³-hybridized carbons (Fsp3) is 1.00. The molecule has 0 radical (unpaired) electrons. The van der Waals surface area contributed by atoms with E-state index in [1.54, 1.807) is 0 Å². The van der Waals surface area contributed by atoms with Crippen LogP contribution in [0.5, 0.6) is 0 Å². The normalized spacial score (nSPS) is 46.9. The Bertz CT molecular complexity index is 346. The van der Waals surface area contributed by atoms with Crippen LogP contribution in [0, 0.1) is 5.41 Å². The third-order valence-corrected chi connectivity index (χ3v) is 6.43. The standard InChI is InChI=1S/C18H34N4/c1-6-19-7-2-9-21-11-4-13-22-12-3-10-20(8-1)15-18(16-21,17-22)5-14-19/h1-17H2. The van der Waals surface area contributed by atoms with Crippen molar-refractivity contribution in [3.63, 3.8) is 0 Å². The van der Waals surface area contributed by atoms with Gasteiger partial charge in [-0.3, -0.25) is 0 Å².